The van der Waals surface area contributed by atoms with Gasteiger partial charge >= 0.3 is 0 Å². The molecule has 3 aromatic rings. The van der Waals surface area contributed by atoms with E-state index in [1.165, 1.54) is 23.9 Å². The van der Waals surface area contributed by atoms with Crippen LogP contribution in [0.4, 0.5) is 4.39 Å². The first-order valence-corrected chi connectivity index (χ1v) is 9.31. The minimum atomic E-state index is -0.243. The number of rotatable bonds is 8. The molecule has 26 heavy (non-hydrogen) atoms. The van der Waals surface area contributed by atoms with Gasteiger partial charge in [-0.3, -0.25) is 4.57 Å². The van der Waals surface area contributed by atoms with Gasteiger partial charge in [0, 0.05) is 12.3 Å². The summed E-state index contributed by atoms with van der Waals surface area (Å²) < 4.78 is 20.7. The van der Waals surface area contributed by atoms with Crippen LogP contribution in [0.2, 0.25) is 5.02 Å². The first-order chi connectivity index (χ1) is 12.7. The first-order valence-electron chi connectivity index (χ1n) is 7.95. The van der Waals surface area contributed by atoms with Crippen molar-refractivity contribution in [1.29, 1.82) is 0 Å². The maximum Gasteiger partial charge on any atom is 0.191 e. The van der Waals surface area contributed by atoms with Crippen LogP contribution in [0.25, 0.3) is 0 Å². The van der Waals surface area contributed by atoms with Crippen molar-refractivity contribution in [3.63, 3.8) is 0 Å². The molecule has 0 unspecified atom stereocenters. The van der Waals surface area contributed by atoms with E-state index in [-0.39, 0.29) is 12.4 Å². The number of thioether (sulfide) groups is 1. The van der Waals surface area contributed by atoms with Gasteiger partial charge in [-0.1, -0.05) is 53.7 Å². The predicted octanol–water partition coefficient (Wildman–Crippen LogP) is 5.13. The summed E-state index contributed by atoms with van der Waals surface area (Å²) in [5, 5.41) is 9.77. The Morgan fingerprint density at radius 2 is 1.92 bits per heavy atom. The number of aromatic nitrogens is 3. The van der Waals surface area contributed by atoms with Crippen molar-refractivity contribution in [2.75, 3.05) is 0 Å². The van der Waals surface area contributed by atoms with Crippen molar-refractivity contribution in [2.24, 2.45) is 0 Å². The molecule has 0 amide bonds. The van der Waals surface area contributed by atoms with E-state index in [9.17, 15) is 4.39 Å². The van der Waals surface area contributed by atoms with E-state index >= 15 is 0 Å². The quantitative estimate of drug-likeness (QED) is 0.395. The third-order valence-corrected chi connectivity index (χ3v) is 4.93. The molecular formula is C19H17ClFN3OS. The van der Waals surface area contributed by atoms with Gasteiger partial charge < -0.3 is 4.74 Å². The van der Waals surface area contributed by atoms with Crippen molar-refractivity contribution in [1.82, 2.24) is 14.8 Å². The summed E-state index contributed by atoms with van der Waals surface area (Å²) in [4.78, 5) is 0. The zero-order chi connectivity index (χ0) is 18.4. The van der Waals surface area contributed by atoms with Gasteiger partial charge in [0.15, 0.2) is 11.0 Å². The highest BCUT2D eigenvalue weighted by molar-refractivity contribution is 7.98. The van der Waals surface area contributed by atoms with E-state index in [0.29, 0.717) is 28.9 Å². The Labute approximate surface area is 160 Å². The van der Waals surface area contributed by atoms with Crippen LogP contribution in [-0.2, 0) is 18.9 Å². The van der Waals surface area contributed by atoms with Crippen molar-refractivity contribution in [3.05, 3.63) is 83.4 Å². The average Bonchev–Trinajstić information content (AvgIpc) is 3.03. The van der Waals surface area contributed by atoms with Gasteiger partial charge in [0.05, 0.1) is 5.02 Å². The Morgan fingerprint density at radius 1 is 1.15 bits per heavy atom. The summed E-state index contributed by atoms with van der Waals surface area (Å²) in [5.74, 6) is 1.71. The molecule has 0 aliphatic heterocycles. The van der Waals surface area contributed by atoms with Gasteiger partial charge in [0.1, 0.15) is 18.2 Å². The normalized spacial score (nSPS) is 10.7. The summed E-state index contributed by atoms with van der Waals surface area (Å²) >= 11 is 7.64. The van der Waals surface area contributed by atoms with Crippen LogP contribution in [0.3, 0.4) is 0 Å². The van der Waals surface area contributed by atoms with Crippen LogP contribution < -0.4 is 4.74 Å². The van der Waals surface area contributed by atoms with Crippen LogP contribution >= 0.6 is 23.4 Å². The number of hydrogen-bond donors (Lipinski definition) is 0. The smallest absolute Gasteiger partial charge is 0.191 e. The van der Waals surface area contributed by atoms with Crippen LogP contribution in [0.5, 0.6) is 5.75 Å². The molecule has 4 nitrogen and oxygen atoms in total. The van der Waals surface area contributed by atoms with Gasteiger partial charge in [-0.25, -0.2) is 4.39 Å². The van der Waals surface area contributed by atoms with E-state index in [2.05, 4.69) is 16.8 Å². The standard InChI is InChI=1S/C19H17ClFN3OS/c1-2-11-24-18(12-25-17-6-4-3-5-16(17)20)22-23-19(24)26-13-14-7-9-15(21)10-8-14/h2-10H,1,11-13H2. The molecule has 0 atom stereocenters. The lowest BCUT2D eigenvalue weighted by molar-refractivity contribution is 0.289. The van der Waals surface area contributed by atoms with Crippen molar-refractivity contribution in [3.8, 4) is 5.75 Å². The van der Waals surface area contributed by atoms with Crippen molar-refractivity contribution in [2.45, 2.75) is 24.1 Å². The van der Waals surface area contributed by atoms with Crippen LogP contribution in [0, 0.1) is 5.82 Å². The topological polar surface area (TPSA) is 39.9 Å². The minimum absolute atomic E-state index is 0.243. The maximum atomic E-state index is 13.0. The molecule has 3 rings (SSSR count). The molecule has 0 aliphatic rings. The highest BCUT2D eigenvalue weighted by atomic mass is 35.5. The number of para-hydroxylation sites is 1. The Kier molecular flexibility index (Phi) is 6.30. The van der Waals surface area contributed by atoms with E-state index in [4.69, 9.17) is 16.3 Å². The maximum absolute atomic E-state index is 13.0. The Bertz CT molecular complexity index is 883. The van der Waals surface area contributed by atoms with Crippen LogP contribution in [-0.4, -0.2) is 14.8 Å². The Balaban J connectivity index is 1.70. The Morgan fingerprint density at radius 3 is 2.65 bits per heavy atom. The molecule has 0 fully saturated rings. The molecule has 0 radical (unpaired) electrons. The molecule has 0 bridgehead atoms. The van der Waals surface area contributed by atoms with Crippen LogP contribution in [0.15, 0.2) is 66.3 Å². The fourth-order valence-corrected chi connectivity index (χ4v) is 3.39. The Hall–Kier alpha value is -2.31. The second-order valence-electron chi connectivity index (χ2n) is 5.43. The lowest BCUT2D eigenvalue weighted by Crippen LogP contribution is -2.07. The fraction of sp³-hybridized carbons (Fsp3) is 0.158. The molecule has 2 aromatic carbocycles. The first kappa shape index (κ1) is 18.5. The molecule has 7 heteroatoms. The monoisotopic (exact) mass is 389 g/mol. The number of halogens is 2. The second-order valence-corrected chi connectivity index (χ2v) is 6.78. The van der Waals surface area contributed by atoms with E-state index in [1.807, 2.05) is 16.7 Å². The summed E-state index contributed by atoms with van der Waals surface area (Å²) in [6.07, 6.45) is 1.78. The van der Waals surface area contributed by atoms with Crippen molar-refractivity contribution < 1.29 is 9.13 Å². The number of ether oxygens (including phenoxy) is 1. The summed E-state index contributed by atoms with van der Waals surface area (Å²) in [6.45, 7) is 4.61. The minimum Gasteiger partial charge on any atom is -0.484 e. The second kappa shape index (κ2) is 8.87. The van der Waals surface area contributed by atoms with Gasteiger partial charge in [0.2, 0.25) is 0 Å². The molecule has 1 aromatic heterocycles. The SMILES string of the molecule is C=CCn1c(COc2ccccc2Cl)nnc1SCc1ccc(F)cc1. The molecule has 0 spiro atoms. The van der Waals surface area contributed by atoms with E-state index in [1.54, 1.807) is 30.3 Å². The molecule has 0 N–H and O–H groups in total. The number of benzene rings is 2. The molecule has 1 heterocycles. The summed E-state index contributed by atoms with van der Waals surface area (Å²) in [6, 6.07) is 13.7. The number of nitrogens with zero attached hydrogens (tertiary/aromatic N) is 3. The van der Waals surface area contributed by atoms with E-state index in [0.717, 1.165) is 10.7 Å². The molecular weight excluding hydrogens is 373 g/mol. The molecule has 0 saturated heterocycles. The molecule has 0 saturated carbocycles. The lowest BCUT2D eigenvalue weighted by Gasteiger charge is -2.10. The van der Waals surface area contributed by atoms with E-state index < -0.39 is 0 Å². The average molecular weight is 390 g/mol. The molecule has 0 aliphatic carbocycles. The summed E-state index contributed by atoms with van der Waals surface area (Å²) in [5.41, 5.74) is 1.01. The number of hydrogen-bond acceptors (Lipinski definition) is 4. The fourth-order valence-electron chi connectivity index (χ4n) is 2.28. The zero-order valence-electron chi connectivity index (χ0n) is 13.9. The third kappa shape index (κ3) is 4.65. The molecule has 134 valence electrons. The number of allylic oxidation sites excluding steroid dienone is 1. The van der Waals surface area contributed by atoms with Crippen LogP contribution in [0.1, 0.15) is 11.4 Å². The summed E-state index contributed by atoms with van der Waals surface area (Å²) in [7, 11) is 0. The third-order valence-electron chi connectivity index (χ3n) is 3.58. The predicted molar refractivity (Wildman–Crippen MR) is 102 cm³/mol. The highest BCUT2D eigenvalue weighted by Gasteiger charge is 2.13. The lowest BCUT2D eigenvalue weighted by atomic mass is 10.2. The zero-order valence-corrected chi connectivity index (χ0v) is 15.5. The largest absolute Gasteiger partial charge is 0.484 e. The van der Waals surface area contributed by atoms with Gasteiger partial charge in [-0.2, -0.15) is 0 Å². The van der Waals surface area contributed by atoms with Gasteiger partial charge in [-0.15, -0.1) is 16.8 Å². The van der Waals surface area contributed by atoms with Gasteiger partial charge in [-0.05, 0) is 29.8 Å². The highest BCUT2D eigenvalue weighted by Crippen LogP contribution is 2.25. The van der Waals surface area contributed by atoms with Crippen molar-refractivity contribution >= 4 is 23.4 Å². The van der Waals surface area contributed by atoms with Gasteiger partial charge in [0.25, 0.3) is 0 Å².